The Hall–Kier alpha value is -1.67. The van der Waals surface area contributed by atoms with Crippen LogP contribution in [-0.2, 0) is 0 Å². The van der Waals surface area contributed by atoms with Gasteiger partial charge in [-0.3, -0.25) is 4.98 Å². The molecule has 2 atom stereocenters. The SMILES string of the molecule is CCC(CC)C(NC(C)c1ccccn1)c1ccccc1. The van der Waals surface area contributed by atoms with E-state index < -0.39 is 0 Å². The van der Waals surface area contributed by atoms with Crippen molar-refractivity contribution in [3.8, 4) is 0 Å². The summed E-state index contributed by atoms with van der Waals surface area (Å²) in [5, 5.41) is 3.79. The first-order valence-electron chi connectivity index (χ1n) is 7.98. The number of nitrogens with zero attached hydrogens (tertiary/aromatic N) is 1. The zero-order valence-electron chi connectivity index (χ0n) is 13.3. The summed E-state index contributed by atoms with van der Waals surface area (Å²) in [6, 6.07) is 17.5. The maximum Gasteiger partial charge on any atom is 0.0570 e. The van der Waals surface area contributed by atoms with Crippen molar-refractivity contribution in [3.63, 3.8) is 0 Å². The highest BCUT2D eigenvalue weighted by molar-refractivity contribution is 5.20. The van der Waals surface area contributed by atoms with Gasteiger partial charge in [-0.1, -0.05) is 63.1 Å². The molecule has 0 amide bonds. The number of hydrogen-bond acceptors (Lipinski definition) is 2. The van der Waals surface area contributed by atoms with E-state index in [1.807, 2.05) is 12.3 Å². The van der Waals surface area contributed by atoms with Gasteiger partial charge in [0.25, 0.3) is 0 Å². The van der Waals surface area contributed by atoms with Crippen molar-refractivity contribution < 1.29 is 0 Å². The van der Waals surface area contributed by atoms with E-state index in [4.69, 9.17) is 0 Å². The molecule has 0 spiro atoms. The van der Waals surface area contributed by atoms with E-state index in [9.17, 15) is 0 Å². The molecule has 2 aromatic rings. The van der Waals surface area contributed by atoms with Gasteiger partial charge in [-0.05, 0) is 30.5 Å². The van der Waals surface area contributed by atoms with E-state index in [2.05, 4.69) is 73.5 Å². The van der Waals surface area contributed by atoms with Crippen LogP contribution in [0.1, 0.15) is 57.0 Å². The largest absolute Gasteiger partial charge is 0.302 e. The molecule has 0 saturated carbocycles. The van der Waals surface area contributed by atoms with E-state index in [0.29, 0.717) is 12.0 Å². The summed E-state index contributed by atoms with van der Waals surface area (Å²) in [5.74, 6) is 0.638. The average molecular weight is 282 g/mol. The fourth-order valence-electron chi connectivity index (χ4n) is 2.91. The molecule has 21 heavy (non-hydrogen) atoms. The molecule has 0 saturated heterocycles. The van der Waals surface area contributed by atoms with E-state index in [-0.39, 0.29) is 6.04 Å². The lowest BCUT2D eigenvalue weighted by Gasteiger charge is -2.30. The van der Waals surface area contributed by atoms with Gasteiger partial charge in [-0.2, -0.15) is 0 Å². The van der Waals surface area contributed by atoms with Crippen molar-refractivity contribution >= 4 is 0 Å². The predicted octanol–water partition coefficient (Wildman–Crippen LogP) is 4.91. The van der Waals surface area contributed by atoms with Crippen molar-refractivity contribution in [2.75, 3.05) is 0 Å². The molecular weight excluding hydrogens is 256 g/mol. The van der Waals surface area contributed by atoms with Crippen LogP contribution in [0, 0.1) is 5.92 Å². The minimum Gasteiger partial charge on any atom is -0.302 e. The first-order chi connectivity index (χ1) is 10.3. The number of pyridine rings is 1. The molecule has 0 aliphatic heterocycles. The third kappa shape index (κ3) is 4.15. The Morgan fingerprint density at radius 1 is 0.952 bits per heavy atom. The second-order valence-corrected chi connectivity index (χ2v) is 5.61. The molecule has 0 fully saturated rings. The third-order valence-corrected chi connectivity index (χ3v) is 4.24. The Bertz CT molecular complexity index is 506. The molecule has 0 aliphatic rings. The molecule has 2 nitrogen and oxygen atoms in total. The molecule has 0 aliphatic carbocycles. The predicted molar refractivity (Wildman–Crippen MR) is 89.0 cm³/mol. The minimum absolute atomic E-state index is 0.247. The quantitative estimate of drug-likeness (QED) is 0.780. The fraction of sp³-hybridized carbons (Fsp3) is 0.421. The van der Waals surface area contributed by atoms with Crippen molar-refractivity contribution in [1.29, 1.82) is 0 Å². The zero-order valence-corrected chi connectivity index (χ0v) is 13.3. The van der Waals surface area contributed by atoms with Crippen molar-refractivity contribution in [1.82, 2.24) is 10.3 Å². The minimum atomic E-state index is 0.247. The number of rotatable bonds is 7. The van der Waals surface area contributed by atoms with E-state index in [1.165, 1.54) is 18.4 Å². The Morgan fingerprint density at radius 2 is 1.62 bits per heavy atom. The lowest BCUT2D eigenvalue weighted by molar-refractivity contribution is 0.314. The van der Waals surface area contributed by atoms with Crippen molar-refractivity contribution in [2.45, 2.75) is 45.7 Å². The van der Waals surface area contributed by atoms with E-state index >= 15 is 0 Å². The Labute approximate surface area is 128 Å². The standard InChI is InChI=1S/C19H26N2/c1-4-16(5-2)19(17-11-7-6-8-12-17)21-15(3)18-13-9-10-14-20-18/h6-16,19,21H,4-5H2,1-3H3. The lowest BCUT2D eigenvalue weighted by atomic mass is 9.88. The van der Waals surface area contributed by atoms with Crippen molar-refractivity contribution in [2.24, 2.45) is 5.92 Å². The average Bonchev–Trinajstić information content (AvgIpc) is 2.56. The molecule has 0 radical (unpaired) electrons. The van der Waals surface area contributed by atoms with Crippen LogP contribution >= 0.6 is 0 Å². The second-order valence-electron chi connectivity index (χ2n) is 5.61. The van der Waals surface area contributed by atoms with E-state index in [0.717, 1.165) is 5.69 Å². The molecule has 112 valence electrons. The first-order valence-corrected chi connectivity index (χ1v) is 7.98. The molecule has 1 aromatic heterocycles. The lowest BCUT2D eigenvalue weighted by Crippen LogP contribution is -2.30. The van der Waals surface area contributed by atoms with Crippen LogP contribution in [0.15, 0.2) is 54.7 Å². The molecule has 0 bridgehead atoms. The highest BCUT2D eigenvalue weighted by Crippen LogP contribution is 2.29. The van der Waals surface area contributed by atoms with Crippen molar-refractivity contribution in [3.05, 3.63) is 66.0 Å². The summed E-state index contributed by atoms with van der Waals surface area (Å²) in [7, 11) is 0. The van der Waals surface area contributed by atoms with Gasteiger partial charge in [0, 0.05) is 18.3 Å². The summed E-state index contributed by atoms with van der Waals surface area (Å²) >= 11 is 0. The van der Waals surface area contributed by atoms with Crippen LogP contribution in [0.5, 0.6) is 0 Å². The Kier molecular flexibility index (Phi) is 5.94. The maximum absolute atomic E-state index is 4.47. The van der Waals surface area contributed by atoms with Gasteiger partial charge in [0.05, 0.1) is 5.69 Å². The maximum atomic E-state index is 4.47. The number of hydrogen-bond donors (Lipinski definition) is 1. The molecule has 1 N–H and O–H groups in total. The van der Waals surface area contributed by atoms with Crippen LogP contribution in [0.4, 0.5) is 0 Å². The Balaban J connectivity index is 2.20. The zero-order chi connectivity index (χ0) is 15.1. The summed E-state index contributed by atoms with van der Waals surface area (Å²) in [6.07, 6.45) is 4.22. The smallest absolute Gasteiger partial charge is 0.0570 e. The molecular formula is C19H26N2. The van der Waals surface area contributed by atoms with Gasteiger partial charge in [-0.15, -0.1) is 0 Å². The topological polar surface area (TPSA) is 24.9 Å². The molecule has 2 heteroatoms. The summed E-state index contributed by atoms with van der Waals surface area (Å²) < 4.78 is 0. The normalized spacial score (nSPS) is 14.1. The summed E-state index contributed by atoms with van der Waals surface area (Å²) in [4.78, 5) is 4.47. The summed E-state index contributed by atoms with van der Waals surface area (Å²) in [6.45, 7) is 6.75. The molecule has 2 rings (SSSR count). The van der Waals surface area contributed by atoms with Gasteiger partial charge in [0.2, 0.25) is 0 Å². The van der Waals surface area contributed by atoms with E-state index in [1.54, 1.807) is 0 Å². The highest BCUT2D eigenvalue weighted by Gasteiger charge is 2.22. The van der Waals surface area contributed by atoms with Crippen LogP contribution in [0.25, 0.3) is 0 Å². The first kappa shape index (κ1) is 15.7. The monoisotopic (exact) mass is 282 g/mol. The molecule has 1 heterocycles. The van der Waals surface area contributed by atoms with Gasteiger partial charge in [0.15, 0.2) is 0 Å². The third-order valence-electron chi connectivity index (χ3n) is 4.24. The highest BCUT2D eigenvalue weighted by atomic mass is 15.0. The number of benzene rings is 1. The fourth-order valence-corrected chi connectivity index (χ4v) is 2.91. The second kappa shape index (κ2) is 7.94. The van der Waals surface area contributed by atoms with Crippen LogP contribution < -0.4 is 5.32 Å². The van der Waals surface area contributed by atoms with Gasteiger partial charge in [0.1, 0.15) is 0 Å². The summed E-state index contributed by atoms with van der Waals surface area (Å²) in [5.41, 5.74) is 2.47. The Morgan fingerprint density at radius 3 is 2.19 bits per heavy atom. The van der Waals surface area contributed by atoms with Crippen LogP contribution in [0.3, 0.4) is 0 Å². The van der Waals surface area contributed by atoms with Crippen LogP contribution in [-0.4, -0.2) is 4.98 Å². The molecule has 1 aromatic carbocycles. The number of nitrogens with one attached hydrogen (secondary N) is 1. The number of aromatic nitrogens is 1. The van der Waals surface area contributed by atoms with Crippen LogP contribution in [0.2, 0.25) is 0 Å². The van der Waals surface area contributed by atoms with Gasteiger partial charge in [-0.25, -0.2) is 0 Å². The van der Waals surface area contributed by atoms with Gasteiger partial charge >= 0.3 is 0 Å². The molecule has 2 unspecified atom stereocenters. The van der Waals surface area contributed by atoms with Gasteiger partial charge < -0.3 is 5.32 Å².